The van der Waals surface area contributed by atoms with Gasteiger partial charge < -0.3 is 20.3 Å². The number of hydrogen-bond acceptors (Lipinski definition) is 3. The Morgan fingerprint density at radius 2 is 2.16 bits per heavy atom. The number of rotatable bonds is 6. The molecule has 1 heterocycles. The van der Waals surface area contributed by atoms with Gasteiger partial charge in [-0.2, -0.15) is 0 Å². The third-order valence-electron chi connectivity index (χ3n) is 4.86. The third-order valence-corrected chi connectivity index (χ3v) is 4.86. The lowest BCUT2D eigenvalue weighted by atomic mass is 10.1. The molecule has 2 aromatic rings. The molecule has 6 nitrogen and oxygen atoms in total. The second-order valence-electron chi connectivity index (χ2n) is 6.74. The number of imidazole rings is 1. The summed E-state index contributed by atoms with van der Waals surface area (Å²) in [5, 5.41) is 15.5. The molecular formula is C19H26N4O2. The average molecular weight is 342 g/mol. The molecule has 25 heavy (non-hydrogen) atoms. The van der Waals surface area contributed by atoms with Gasteiger partial charge in [-0.25, -0.2) is 9.78 Å². The Kier molecular flexibility index (Phi) is 5.71. The van der Waals surface area contributed by atoms with Crippen LogP contribution in [-0.4, -0.2) is 33.3 Å². The number of aromatic nitrogens is 2. The molecule has 1 aromatic heterocycles. The first-order valence-electron chi connectivity index (χ1n) is 8.87. The van der Waals surface area contributed by atoms with Gasteiger partial charge in [-0.1, -0.05) is 30.7 Å². The molecule has 1 aliphatic carbocycles. The van der Waals surface area contributed by atoms with Crippen LogP contribution in [0.15, 0.2) is 36.7 Å². The maximum atomic E-state index is 11.9. The molecule has 6 heteroatoms. The fraction of sp³-hybridized carbons (Fsp3) is 0.474. The second-order valence-corrected chi connectivity index (χ2v) is 6.74. The predicted octanol–water partition coefficient (Wildman–Crippen LogP) is 2.20. The maximum absolute atomic E-state index is 11.9. The first kappa shape index (κ1) is 17.5. The van der Waals surface area contributed by atoms with E-state index >= 15 is 0 Å². The van der Waals surface area contributed by atoms with Crippen LogP contribution in [0.5, 0.6) is 0 Å². The smallest absolute Gasteiger partial charge is 0.315 e. The molecule has 134 valence electrons. The fourth-order valence-electron chi connectivity index (χ4n) is 3.33. The zero-order valence-electron chi connectivity index (χ0n) is 14.6. The zero-order valence-corrected chi connectivity index (χ0v) is 14.6. The molecule has 1 fully saturated rings. The lowest BCUT2D eigenvalue weighted by Crippen LogP contribution is -2.39. The van der Waals surface area contributed by atoms with E-state index in [9.17, 15) is 9.90 Å². The van der Waals surface area contributed by atoms with E-state index < -0.39 is 0 Å². The van der Waals surface area contributed by atoms with Crippen LogP contribution in [0.25, 0.3) is 0 Å². The highest BCUT2D eigenvalue weighted by Crippen LogP contribution is 2.24. The molecule has 2 unspecified atom stereocenters. The van der Waals surface area contributed by atoms with Crippen molar-refractivity contribution in [1.29, 1.82) is 0 Å². The minimum absolute atomic E-state index is 0.185. The van der Waals surface area contributed by atoms with Crippen LogP contribution in [0.3, 0.4) is 0 Å². The summed E-state index contributed by atoms with van der Waals surface area (Å²) in [6.07, 6.45) is 6.35. The van der Waals surface area contributed by atoms with E-state index in [0.717, 1.165) is 37.2 Å². The number of nitrogens with zero attached hydrogens (tertiary/aromatic N) is 2. The monoisotopic (exact) mass is 342 g/mol. The van der Waals surface area contributed by atoms with Crippen LogP contribution >= 0.6 is 0 Å². The van der Waals surface area contributed by atoms with E-state index in [4.69, 9.17) is 0 Å². The Hall–Kier alpha value is -2.34. The molecule has 0 saturated heterocycles. The van der Waals surface area contributed by atoms with Crippen molar-refractivity contribution in [3.8, 4) is 0 Å². The zero-order chi connectivity index (χ0) is 17.6. The summed E-state index contributed by atoms with van der Waals surface area (Å²) < 4.78 is 2.09. The highest BCUT2D eigenvalue weighted by atomic mass is 16.3. The summed E-state index contributed by atoms with van der Waals surface area (Å²) in [5.74, 6) is 1.17. The number of aryl methyl sites for hydroxylation is 1. The standard InChI is InChI=1S/C19H26N4O2/c1-14-20-8-9-23(14)13-16-5-2-4-15(10-16)11-21-19(25)22-12-17-6-3-7-18(17)24/h2,4-5,8-10,17-18,24H,3,6-7,11-13H2,1H3,(H2,21,22,25). The van der Waals surface area contributed by atoms with Crippen LogP contribution in [0.2, 0.25) is 0 Å². The minimum atomic E-state index is -0.274. The van der Waals surface area contributed by atoms with Crippen LogP contribution in [0.1, 0.15) is 36.2 Å². The summed E-state index contributed by atoms with van der Waals surface area (Å²) in [4.78, 5) is 16.2. The van der Waals surface area contributed by atoms with Gasteiger partial charge in [0.25, 0.3) is 0 Å². The minimum Gasteiger partial charge on any atom is -0.393 e. The van der Waals surface area contributed by atoms with Gasteiger partial charge >= 0.3 is 6.03 Å². The van der Waals surface area contributed by atoms with E-state index in [0.29, 0.717) is 13.1 Å². The van der Waals surface area contributed by atoms with E-state index in [1.54, 1.807) is 6.20 Å². The Balaban J connectivity index is 1.47. The number of urea groups is 1. The maximum Gasteiger partial charge on any atom is 0.315 e. The Labute approximate surface area is 148 Å². The molecule has 0 spiro atoms. The topological polar surface area (TPSA) is 79.2 Å². The van der Waals surface area contributed by atoms with Crippen LogP contribution in [-0.2, 0) is 13.1 Å². The summed E-state index contributed by atoms with van der Waals surface area (Å²) in [6, 6.07) is 8.00. The number of hydrogen-bond donors (Lipinski definition) is 3. The molecule has 1 saturated carbocycles. The number of carbonyl (C=O) groups excluding carboxylic acids is 1. The number of aliphatic hydroxyl groups excluding tert-OH is 1. The van der Waals surface area contributed by atoms with Gasteiger partial charge in [0.05, 0.1) is 6.10 Å². The summed E-state index contributed by atoms with van der Waals surface area (Å²) >= 11 is 0. The fourth-order valence-corrected chi connectivity index (χ4v) is 3.33. The highest BCUT2D eigenvalue weighted by Gasteiger charge is 2.25. The summed E-state index contributed by atoms with van der Waals surface area (Å²) in [6.45, 7) is 3.77. The molecule has 2 amide bonds. The van der Waals surface area contributed by atoms with Gasteiger partial charge in [-0.15, -0.1) is 0 Å². The van der Waals surface area contributed by atoms with Crippen molar-refractivity contribution in [2.24, 2.45) is 5.92 Å². The van der Waals surface area contributed by atoms with Crippen molar-refractivity contribution in [2.75, 3.05) is 6.54 Å². The number of carbonyl (C=O) groups is 1. The van der Waals surface area contributed by atoms with Crippen molar-refractivity contribution < 1.29 is 9.90 Å². The SMILES string of the molecule is Cc1nccn1Cc1cccc(CNC(=O)NCC2CCCC2O)c1. The highest BCUT2D eigenvalue weighted by molar-refractivity contribution is 5.73. The molecule has 2 atom stereocenters. The van der Waals surface area contributed by atoms with E-state index in [-0.39, 0.29) is 18.1 Å². The van der Waals surface area contributed by atoms with Gasteiger partial charge in [0, 0.05) is 37.9 Å². The van der Waals surface area contributed by atoms with E-state index in [1.165, 1.54) is 5.56 Å². The quantitative estimate of drug-likeness (QED) is 0.753. The molecule has 3 rings (SSSR count). The van der Waals surface area contributed by atoms with Crippen LogP contribution < -0.4 is 10.6 Å². The first-order chi connectivity index (χ1) is 12.1. The van der Waals surface area contributed by atoms with Crippen molar-refractivity contribution in [3.63, 3.8) is 0 Å². The summed E-state index contributed by atoms with van der Waals surface area (Å²) in [7, 11) is 0. The Bertz CT molecular complexity index is 713. The predicted molar refractivity (Wildman–Crippen MR) is 96.1 cm³/mol. The van der Waals surface area contributed by atoms with Crippen LogP contribution in [0.4, 0.5) is 4.79 Å². The number of benzene rings is 1. The summed E-state index contributed by atoms with van der Waals surface area (Å²) in [5.41, 5.74) is 2.24. The van der Waals surface area contributed by atoms with Crippen LogP contribution in [0, 0.1) is 12.8 Å². The molecule has 0 bridgehead atoms. The molecule has 1 aliphatic rings. The van der Waals surface area contributed by atoms with Gasteiger partial charge in [0.15, 0.2) is 0 Å². The number of amides is 2. The molecule has 3 N–H and O–H groups in total. The third kappa shape index (κ3) is 4.82. The van der Waals surface area contributed by atoms with Crippen molar-refractivity contribution in [1.82, 2.24) is 20.2 Å². The number of aliphatic hydroxyl groups is 1. The molecule has 0 radical (unpaired) electrons. The van der Waals surface area contributed by atoms with Gasteiger partial charge in [0.2, 0.25) is 0 Å². The molecule has 1 aromatic carbocycles. The Morgan fingerprint density at radius 3 is 2.88 bits per heavy atom. The lowest BCUT2D eigenvalue weighted by molar-refractivity contribution is 0.132. The molecule has 0 aliphatic heterocycles. The van der Waals surface area contributed by atoms with Crippen molar-refractivity contribution in [2.45, 2.75) is 45.4 Å². The van der Waals surface area contributed by atoms with Crippen molar-refractivity contribution in [3.05, 3.63) is 53.6 Å². The largest absolute Gasteiger partial charge is 0.393 e. The van der Waals surface area contributed by atoms with Gasteiger partial charge in [-0.05, 0) is 30.9 Å². The Morgan fingerprint density at radius 1 is 1.32 bits per heavy atom. The second kappa shape index (κ2) is 8.16. The average Bonchev–Trinajstić information content (AvgIpc) is 3.20. The van der Waals surface area contributed by atoms with Gasteiger partial charge in [0.1, 0.15) is 5.82 Å². The first-order valence-corrected chi connectivity index (χ1v) is 8.87. The lowest BCUT2D eigenvalue weighted by Gasteiger charge is -2.15. The van der Waals surface area contributed by atoms with Gasteiger partial charge in [-0.3, -0.25) is 0 Å². The molecular weight excluding hydrogens is 316 g/mol. The van der Waals surface area contributed by atoms with Crippen molar-refractivity contribution >= 4 is 6.03 Å². The number of nitrogens with one attached hydrogen (secondary N) is 2. The van der Waals surface area contributed by atoms with E-state index in [2.05, 4.69) is 32.3 Å². The van der Waals surface area contributed by atoms with E-state index in [1.807, 2.05) is 25.3 Å². The normalized spacial score (nSPS) is 19.8.